The summed E-state index contributed by atoms with van der Waals surface area (Å²) in [6.07, 6.45) is 0. The number of nitrogens with zero attached hydrogens (tertiary/aromatic N) is 1. The molecule has 19 heavy (non-hydrogen) atoms. The number of benzene rings is 2. The van der Waals surface area contributed by atoms with Gasteiger partial charge in [-0.2, -0.15) is 0 Å². The molecule has 0 bridgehead atoms. The number of nitrogens with one attached hydrogen (secondary N) is 2. The van der Waals surface area contributed by atoms with Crippen LogP contribution in [0, 0.1) is 10.1 Å². The lowest BCUT2D eigenvalue weighted by Gasteiger charge is -2.28. The normalized spacial score (nSPS) is 16.9. The minimum atomic E-state index is -0.383. The van der Waals surface area contributed by atoms with E-state index in [2.05, 4.69) is 10.6 Å². The number of nitro benzene ring substituents is 1. The molecule has 0 aliphatic carbocycles. The van der Waals surface area contributed by atoms with Crippen molar-refractivity contribution in [3.05, 3.63) is 64.2 Å². The number of para-hydroxylation sites is 2. The summed E-state index contributed by atoms with van der Waals surface area (Å²) in [6.45, 7) is 0.759. The zero-order valence-corrected chi connectivity index (χ0v) is 10.2. The molecule has 1 aliphatic heterocycles. The van der Waals surface area contributed by atoms with Gasteiger partial charge >= 0.3 is 0 Å². The maximum absolute atomic E-state index is 10.6. The summed E-state index contributed by atoms with van der Waals surface area (Å²) in [4.78, 5) is 10.2. The molecule has 0 fully saturated rings. The van der Waals surface area contributed by atoms with Crippen LogP contribution in [0.5, 0.6) is 0 Å². The van der Waals surface area contributed by atoms with E-state index in [1.54, 1.807) is 12.1 Å². The molecule has 2 N–H and O–H groups in total. The molecule has 3 rings (SSSR count). The van der Waals surface area contributed by atoms with Crippen molar-refractivity contribution in [1.29, 1.82) is 0 Å². The van der Waals surface area contributed by atoms with Crippen molar-refractivity contribution in [2.24, 2.45) is 0 Å². The molecule has 0 saturated heterocycles. The summed E-state index contributed by atoms with van der Waals surface area (Å²) in [5, 5.41) is 17.4. The van der Waals surface area contributed by atoms with E-state index in [9.17, 15) is 10.1 Å². The third-order valence-corrected chi connectivity index (χ3v) is 3.26. The summed E-state index contributed by atoms with van der Waals surface area (Å²) >= 11 is 0. The molecular weight excluding hydrogens is 242 g/mol. The molecule has 2 aromatic rings. The summed E-state index contributed by atoms with van der Waals surface area (Å²) in [6, 6.07) is 14.8. The molecule has 5 heteroatoms. The summed E-state index contributed by atoms with van der Waals surface area (Å²) in [5.74, 6) is 0. The molecule has 96 valence electrons. The highest BCUT2D eigenvalue weighted by atomic mass is 16.6. The minimum absolute atomic E-state index is 0.118. The Hall–Kier alpha value is -2.56. The standard InChI is InChI=1S/C14H13N3O2/c18-17(19)11-7-5-10(6-8-11)14-9-15-12-3-1-2-4-13(12)16-14/h1-8,14-16H,9H2/t14-/m1/s1. The van der Waals surface area contributed by atoms with Crippen molar-refractivity contribution >= 4 is 17.1 Å². The van der Waals surface area contributed by atoms with E-state index in [0.717, 1.165) is 23.5 Å². The predicted molar refractivity (Wildman–Crippen MR) is 74.4 cm³/mol. The van der Waals surface area contributed by atoms with Gasteiger partial charge in [-0.1, -0.05) is 24.3 Å². The fourth-order valence-corrected chi connectivity index (χ4v) is 2.24. The molecule has 0 radical (unpaired) electrons. The van der Waals surface area contributed by atoms with Crippen LogP contribution >= 0.6 is 0 Å². The molecule has 1 heterocycles. The van der Waals surface area contributed by atoms with Gasteiger partial charge in [-0.05, 0) is 17.7 Å². The Morgan fingerprint density at radius 1 is 1.05 bits per heavy atom. The van der Waals surface area contributed by atoms with Gasteiger partial charge in [-0.15, -0.1) is 0 Å². The van der Waals surface area contributed by atoms with Crippen molar-refractivity contribution < 1.29 is 4.92 Å². The Morgan fingerprint density at radius 3 is 2.42 bits per heavy atom. The summed E-state index contributed by atoms with van der Waals surface area (Å²) in [5.41, 5.74) is 3.29. The van der Waals surface area contributed by atoms with E-state index >= 15 is 0 Å². The van der Waals surface area contributed by atoms with E-state index in [-0.39, 0.29) is 16.7 Å². The zero-order chi connectivity index (χ0) is 13.2. The van der Waals surface area contributed by atoms with E-state index in [4.69, 9.17) is 0 Å². The minimum Gasteiger partial charge on any atom is -0.381 e. The third-order valence-electron chi connectivity index (χ3n) is 3.26. The largest absolute Gasteiger partial charge is 0.381 e. The van der Waals surface area contributed by atoms with Gasteiger partial charge in [0.25, 0.3) is 5.69 Å². The number of non-ortho nitro benzene ring substituents is 1. The first-order chi connectivity index (χ1) is 9.24. The Kier molecular flexibility index (Phi) is 2.79. The van der Waals surface area contributed by atoms with Gasteiger partial charge in [0.05, 0.1) is 22.3 Å². The predicted octanol–water partition coefficient (Wildman–Crippen LogP) is 3.17. The van der Waals surface area contributed by atoms with Crippen molar-refractivity contribution in [1.82, 2.24) is 0 Å². The lowest BCUT2D eigenvalue weighted by Crippen LogP contribution is -2.25. The van der Waals surface area contributed by atoms with Crippen molar-refractivity contribution in [3.63, 3.8) is 0 Å². The van der Waals surface area contributed by atoms with E-state index in [0.29, 0.717) is 0 Å². The Bertz CT molecular complexity index is 610. The van der Waals surface area contributed by atoms with Crippen LogP contribution < -0.4 is 10.6 Å². The smallest absolute Gasteiger partial charge is 0.269 e. The maximum Gasteiger partial charge on any atom is 0.269 e. The molecular formula is C14H13N3O2. The maximum atomic E-state index is 10.6. The van der Waals surface area contributed by atoms with Crippen LogP contribution in [0.2, 0.25) is 0 Å². The van der Waals surface area contributed by atoms with Gasteiger partial charge in [0, 0.05) is 18.7 Å². The molecule has 0 amide bonds. The first-order valence-corrected chi connectivity index (χ1v) is 6.08. The third kappa shape index (κ3) is 2.22. The molecule has 1 aliphatic rings. The molecule has 1 atom stereocenters. The van der Waals surface area contributed by atoms with Gasteiger partial charge in [0.1, 0.15) is 0 Å². The van der Waals surface area contributed by atoms with Gasteiger partial charge in [0.2, 0.25) is 0 Å². The highest BCUT2D eigenvalue weighted by Gasteiger charge is 2.18. The fourth-order valence-electron chi connectivity index (χ4n) is 2.24. The molecule has 0 spiro atoms. The van der Waals surface area contributed by atoms with Crippen LogP contribution in [0.4, 0.5) is 17.1 Å². The Balaban J connectivity index is 1.83. The van der Waals surface area contributed by atoms with Crippen LogP contribution in [-0.2, 0) is 0 Å². The van der Waals surface area contributed by atoms with Gasteiger partial charge < -0.3 is 10.6 Å². The molecule has 0 saturated carbocycles. The lowest BCUT2D eigenvalue weighted by atomic mass is 10.0. The second-order valence-electron chi connectivity index (χ2n) is 4.47. The van der Waals surface area contributed by atoms with E-state index in [1.807, 2.05) is 24.3 Å². The molecule has 0 aromatic heterocycles. The highest BCUT2D eigenvalue weighted by Crippen LogP contribution is 2.31. The van der Waals surface area contributed by atoms with Gasteiger partial charge in [0.15, 0.2) is 0 Å². The number of anilines is 2. The first kappa shape index (κ1) is 11.5. The Labute approximate surface area is 110 Å². The van der Waals surface area contributed by atoms with E-state index < -0.39 is 0 Å². The fraction of sp³-hybridized carbons (Fsp3) is 0.143. The van der Waals surface area contributed by atoms with Crippen LogP contribution in [0.25, 0.3) is 0 Å². The topological polar surface area (TPSA) is 67.2 Å². The monoisotopic (exact) mass is 255 g/mol. The van der Waals surface area contributed by atoms with Gasteiger partial charge in [-0.25, -0.2) is 0 Å². The van der Waals surface area contributed by atoms with E-state index in [1.165, 1.54) is 12.1 Å². The second-order valence-corrected chi connectivity index (χ2v) is 4.47. The van der Waals surface area contributed by atoms with Crippen molar-refractivity contribution in [2.75, 3.05) is 17.2 Å². The highest BCUT2D eigenvalue weighted by molar-refractivity contribution is 5.71. The first-order valence-electron chi connectivity index (χ1n) is 6.08. The quantitative estimate of drug-likeness (QED) is 0.639. The second kappa shape index (κ2) is 4.61. The zero-order valence-electron chi connectivity index (χ0n) is 10.2. The van der Waals surface area contributed by atoms with Crippen molar-refractivity contribution in [3.8, 4) is 0 Å². The number of nitro groups is 1. The number of hydrogen-bond donors (Lipinski definition) is 2. The number of fused-ring (bicyclic) bond motifs is 1. The lowest BCUT2D eigenvalue weighted by molar-refractivity contribution is -0.384. The van der Waals surface area contributed by atoms with Gasteiger partial charge in [-0.3, -0.25) is 10.1 Å². The number of hydrogen-bond acceptors (Lipinski definition) is 4. The van der Waals surface area contributed by atoms with Crippen LogP contribution in [0.3, 0.4) is 0 Å². The molecule has 2 aromatic carbocycles. The SMILES string of the molecule is O=[N+]([O-])c1ccc([C@H]2CNc3ccccc3N2)cc1. The Morgan fingerprint density at radius 2 is 1.74 bits per heavy atom. The van der Waals surface area contributed by atoms with Crippen LogP contribution in [0.15, 0.2) is 48.5 Å². The average molecular weight is 255 g/mol. The molecule has 5 nitrogen and oxygen atoms in total. The number of rotatable bonds is 2. The van der Waals surface area contributed by atoms with Crippen LogP contribution in [-0.4, -0.2) is 11.5 Å². The van der Waals surface area contributed by atoms with Crippen LogP contribution in [0.1, 0.15) is 11.6 Å². The van der Waals surface area contributed by atoms with Crippen molar-refractivity contribution in [2.45, 2.75) is 6.04 Å². The molecule has 0 unspecified atom stereocenters. The summed E-state index contributed by atoms with van der Waals surface area (Å²) in [7, 11) is 0. The summed E-state index contributed by atoms with van der Waals surface area (Å²) < 4.78 is 0. The average Bonchev–Trinajstić information content (AvgIpc) is 2.47.